The molecule has 1 amide bonds. The Morgan fingerprint density at radius 1 is 1.53 bits per heavy atom. The Labute approximate surface area is 89.6 Å². The van der Waals surface area contributed by atoms with Crippen molar-refractivity contribution >= 4 is 11.9 Å². The summed E-state index contributed by atoms with van der Waals surface area (Å²) >= 11 is 0. The van der Waals surface area contributed by atoms with Crippen molar-refractivity contribution < 1.29 is 14.3 Å². The Hall–Kier alpha value is -1.06. The fourth-order valence-corrected chi connectivity index (χ4v) is 2.81. The molecule has 0 aromatic rings. The molecule has 0 unspecified atom stereocenters. The molecule has 2 bridgehead atoms. The van der Waals surface area contributed by atoms with E-state index < -0.39 is 0 Å². The van der Waals surface area contributed by atoms with Gasteiger partial charge in [-0.1, -0.05) is 0 Å². The number of piperidine rings is 2. The topological polar surface area (TPSA) is 46.6 Å². The van der Waals surface area contributed by atoms with Crippen molar-refractivity contribution in [3.8, 4) is 0 Å². The first-order valence-corrected chi connectivity index (χ1v) is 5.63. The lowest BCUT2D eigenvalue weighted by molar-refractivity contribution is -0.135. The SMILES string of the molecule is CCOC(=O)N1[C@H]2CC[C@H](C(=O)C2)[C@@H]1C. The molecule has 15 heavy (non-hydrogen) atoms. The molecule has 0 N–H and O–H groups in total. The largest absolute Gasteiger partial charge is 0.450 e. The number of fused-ring (bicyclic) bond motifs is 3. The third-order valence-electron chi connectivity index (χ3n) is 3.55. The van der Waals surface area contributed by atoms with Crippen LogP contribution in [0.15, 0.2) is 0 Å². The van der Waals surface area contributed by atoms with Crippen LogP contribution in [0.1, 0.15) is 33.1 Å². The summed E-state index contributed by atoms with van der Waals surface area (Å²) in [6.07, 6.45) is 2.14. The minimum absolute atomic E-state index is 0.0176. The molecule has 3 fully saturated rings. The van der Waals surface area contributed by atoms with Crippen molar-refractivity contribution in [2.75, 3.05) is 6.61 Å². The van der Waals surface area contributed by atoms with E-state index in [2.05, 4.69) is 0 Å². The van der Waals surface area contributed by atoms with Crippen molar-refractivity contribution in [3.63, 3.8) is 0 Å². The van der Waals surface area contributed by atoms with Gasteiger partial charge < -0.3 is 9.64 Å². The highest BCUT2D eigenvalue weighted by Crippen LogP contribution is 2.37. The average Bonchev–Trinajstić information content (AvgIpc) is 2.17. The van der Waals surface area contributed by atoms with E-state index in [-0.39, 0.29) is 24.1 Å². The van der Waals surface area contributed by atoms with Gasteiger partial charge in [-0.25, -0.2) is 4.79 Å². The van der Waals surface area contributed by atoms with Crippen LogP contribution in [0.25, 0.3) is 0 Å². The van der Waals surface area contributed by atoms with Crippen molar-refractivity contribution in [3.05, 3.63) is 0 Å². The summed E-state index contributed by atoms with van der Waals surface area (Å²) in [5.74, 6) is 0.360. The molecular weight excluding hydrogens is 194 g/mol. The van der Waals surface area contributed by atoms with Gasteiger partial charge in [0.2, 0.25) is 0 Å². The van der Waals surface area contributed by atoms with Crippen LogP contribution < -0.4 is 0 Å². The van der Waals surface area contributed by atoms with Crippen LogP contribution >= 0.6 is 0 Å². The normalized spacial score (nSPS) is 34.4. The number of hydrogen-bond acceptors (Lipinski definition) is 3. The predicted octanol–water partition coefficient (Wildman–Crippen LogP) is 1.58. The molecular formula is C11H17NO3. The molecule has 2 aliphatic heterocycles. The molecule has 0 aromatic carbocycles. The lowest BCUT2D eigenvalue weighted by Crippen LogP contribution is -2.59. The maximum atomic E-state index is 11.7. The summed E-state index contributed by atoms with van der Waals surface area (Å²) in [6.45, 7) is 4.15. The Kier molecular flexibility index (Phi) is 2.67. The second kappa shape index (κ2) is 3.83. The van der Waals surface area contributed by atoms with E-state index in [0.717, 1.165) is 12.8 Å². The molecule has 0 spiro atoms. The molecule has 4 nitrogen and oxygen atoms in total. The minimum atomic E-state index is -0.257. The molecule has 2 saturated heterocycles. The second-order valence-corrected chi connectivity index (χ2v) is 4.35. The molecule has 0 aromatic heterocycles. The van der Waals surface area contributed by atoms with Crippen LogP contribution in [0.2, 0.25) is 0 Å². The summed E-state index contributed by atoms with van der Waals surface area (Å²) in [5.41, 5.74) is 0. The zero-order chi connectivity index (χ0) is 11.0. The van der Waals surface area contributed by atoms with E-state index in [4.69, 9.17) is 4.74 Å². The molecule has 4 heteroatoms. The molecule has 1 saturated carbocycles. The van der Waals surface area contributed by atoms with Gasteiger partial charge in [0.05, 0.1) is 6.61 Å². The molecule has 2 heterocycles. The highest BCUT2D eigenvalue weighted by Gasteiger charge is 2.46. The maximum Gasteiger partial charge on any atom is 0.410 e. The molecule has 0 radical (unpaired) electrons. The van der Waals surface area contributed by atoms with Crippen molar-refractivity contribution in [2.24, 2.45) is 5.92 Å². The van der Waals surface area contributed by atoms with Crippen molar-refractivity contribution in [1.29, 1.82) is 0 Å². The van der Waals surface area contributed by atoms with Gasteiger partial charge in [-0.2, -0.15) is 0 Å². The van der Waals surface area contributed by atoms with Gasteiger partial charge in [0.25, 0.3) is 0 Å². The monoisotopic (exact) mass is 211 g/mol. The fourth-order valence-electron chi connectivity index (χ4n) is 2.81. The smallest absolute Gasteiger partial charge is 0.410 e. The van der Waals surface area contributed by atoms with Crippen LogP contribution in [0.4, 0.5) is 4.79 Å². The van der Waals surface area contributed by atoms with Crippen LogP contribution in [-0.2, 0) is 9.53 Å². The van der Waals surface area contributed by atoms with Gasteiger partial charge >= 0.3 is 6.09 Å². The van der Waals surface area contributed by atoms with Crippen LogP contribution in [0.3, 0.4) is 0 Å². The molecule has 84 valence electrons. The van der Waals surface area contributed by atoms with Gasteiger partial charge in [-0.15, -0.1) is 0 Å². The van der Waals surface area contributed by atoms with Crippen molar-refractivity contribution in [2.45, 2.75) is 45.2 Å². The number of carbonyl (C=O) groups is 2. The number of rotatable bonds is 1. The van der Waals surface area contributed by atoms with E-state index >= 15 is 0 Å². The third kappa shape index (κ3) is 1.62. The molecule has 1 aliphatic carbocycles. The minimum Gasteiger partial charge on any atom is -0.450 e. The van der Waals surface area contributed by atoms with E-state index in [1.165, 1.54) is 0 Å². The van der Waals surface area contributed by atoms with Gasteiger partial charge in [0.1, 0.15) is 5.78 Å². The molecule has 3 atom stereocenters. The highest BCUT2D eigenvalue weighted by atomic mass is 16.6. The van der Waals surface area contributed by atoms with Crippen LogP contribution in [0.5, 0.6) is 0 Å². The zero-order valence-corrected chi connectivity index (χ0v) is 9.23. The summed E-state index contributed by atoms with van der Waals surface area (Å²) in [5, 5.41) is 0. The number of ether oxygens (including phenoxy) is 1. The van der Waals surface area contributed by atoms with E-state index in [1.807, 2.05) is 6.92 Å². The Balaban J connectivity index is 2.14. The van der Waals surface area contributed by atoms with Crippen LogP contribution in [0, 0.1) is 5.92 Å². The number of hydrogen-bond donors (Lipinski definition) is 0. The molecule has 3 aliphatic rings. The second-order valence-electron chi connectivity index (χ2n) is 4.35. The summed E-state index contributed by atoms with van der Waals surface area (Å²) in [6, 6.07) is 0.0978. The third-order valence-corrected chi connectivity index (χ3v) is 3.55. The predicted molar refractivity (Wildman–Crippen MR) is 54.5 cm³/mol. The van der Waals surface area contributed by atoms with E-state index in [1.54, 1.807) is 11.8 Å². The number of ketones is 1. The number of carbonyl (C=O) groups excluding carboxylic acids is 2. The molecule has 3 rings (SSSR count). The zero-order valence-electron chi connectivity index (χ0n) is 9.23. The van der Waals surface area contributed by atoms with Gasteiger partial charge in [0.15, 0.2) is 0 Å². The number of Topliss-reactive ketones (excluding diaryl/α,β-unsaturated/α-hetero) is 1. The van der Waals surface area contributed by atoms with Crippen molar-refractivity contribution in [1.82, 2.24) is 4.90 Å². The Bertz CT molecular complexity index is 288. The summed E-state index contributed by atoms with van der Waals surface area (Å²) in [7, 11) is 0. The van der Waals surface area contributed by atoms with Crippen LogP contribution in [-0.4, -0.2) is 35.5 Å². The standard InChI is InChI=1S/C11H17NO3/c1-3-15-11(14)12-7(2)9-5-4-8(12)6-10(9)13/h7-9H,3-6H2,1-2H3/t7-,8-,9-/m0/s1. The average molecular weight is 211 g/mol. The number of amides is 1. The Morgan fingerprint density at radius 3 is 2.80 bits per heavy atom. The quantitative estimate of drug-likeness (QED) is 0.661. The summed E-state index contributed by atoms with van der Waals surface area (Å²) < 4.78 is 5.02. The maximum absolute atomic E-state index is 11.7. The first kappa shape index (κ1) is 10.5. The first-order chi connectivity index (χ1) is 7.15. The lowest BCUT2D eigenvalue weighted by Gasteiger charge is -2.48. The first-order valence-electron chi connectivity index (χ1n) is 5.63. The van der Waals surface area contributed by atoms with Gasteiger partial charge in [-0.05, 0) is 26.7 Å². The van der Waals surface area contributed by atoms with E-state index in [9.17, 15) is 9.59 Å². The van der Waals surface area contributed by atoms with Gasteiger partial charge in [0, 0.05) is 24.4 Å². The number of nitrogens with zero attached hydrogens (tertiary/aromatic N) is 1. The fraction of sp³-hybridized carbons (Fsp3) is 0.818. The Morgan fingerprint density at radius 2 is 2.27 bits per heavy atom. The van der Waals surface area contributed by atoms with Gasteiger partial charge in [-0.3, -0.25) is 4.79 Å². The van der Waals surface area contributed by atoms with E-state index in [0.29, 0.717) is 18.8 Å². The lowest BCUT2D eigenvalue weighted by atomic mass is 9.74. The summed E-state index contributed by atoms with van der Waals surface area (Å²) in [4.78, 5) is 25.1. The highest BCUT2D eigenvalue weighted by molar-refractivity contribution is 5.86.